The number of aromatic nitrogens is 1. The predicted molar refractivity (Wildman–Crippen MR) is 98.7 cm³/mol. The number of rotatable bonds is 3. The lowest BCUT2D eigenvalue weighted by Crippen LogP contribution is -2.35. The third-order valence-electron chi connectivity index (χ3n) is 4.65. The first-order chi connectivity index (χ1) is 12.0. The first kappa shape index (κ1) is 15.4. The number of benzene rings is 2. The largest absolute Gasteiger partial charge is 0.373 e. The van der Waals surface area contributed by atoms with Crippen LogP contribution in [0, 0.1) is 13.8 Å². The summed E-state index contributed by atoms with van der Waals surface area (Å²) in [7, 11) is 0. The highest BCUT2D eigenvalue weighted by molar-refractivity contribution is 6.23. The number of aromatic amines is 1. The quantitative estimate of drug-likeness (QED) is 0.721. The standard InChI is InChI=1S/C20H19N3O2/c1-12-3-4-13(2)18(9-12)23-19(24)11-17(20(23)25)22-15-6-5-14-7-8-21-16(14)10-15/h3-10,17,21-22H,11H2,1-2H3/t17-/m1/s1. The van der Waals surface area contributed by atoms with E-state index < -0.39 is 6.04 Å². The van der Waals surface area contributed by atoms with Gasteiger partial charge in [-0.3, -0.25) is 9.59 Å². The van der Waals surface area contributed by atoms with E-state index in [9.17, 15) is 9.59 Å². The summed E-state index contributed by atoms with van der Waals surface area (Å²) in [5, 5.41) is 4.31. The molecular weight excluding hydrogens is 314 g/mol. The Hall–Kier alpha value is -3.08. The van der Waals surface area contributed by atoms with Crippen molar-refractivity contribution < 1.29 is 9.59 Å². The molecule has 0 spiro atoms. The molecule has 2 amide bonds. The second-order valence-electron chi connectivity index (χ2n) is 6.54. The van der Waals surface area contributed by atoms with Crippen molar-refractivity contribution in [1.82, 2.24) is 4.98 Å². The third-order valence-corrected chi connectivity index (χ3v) is 4.65. The number of amides is 2. The molecule has 0 bridgehead atoms. The number of H-pyrrole nitrogens is 1. The van der Waals surface area contributed by atoms with Crippen LogP contribution in [0.1, 0.15) is 17.5 Å². The number of hydrogen-bond acceptors (Lipinski definition) is 3. The van der Waals surface area contributed by atoms with Crippen LogP contribution in [0.15, 0.2) is 48.7 Å². The number of imide groups is 1. The highest BCUT2D eigenvalue weighted by Crippen LogP contribution is 2.29. The fraction of sp³-hybridized carbons (Fsp3) is 0.200. The van der Waals surface area contributed by atoms with Crippen molar-refractivity contribution in [2.75, 3.05) is 10.2 Å². The first-order valence-electron chi connectivity index (χ1n) is 8.30. The smallest absolute Gasteiger partial charge is 0.256 e. The molecule has 4 rings (SSSR count). The second-order valence-corrected chi connectivity index (χ2v) is 6.54. The topological polar surface area (TPSA) is 65.2 Å². The molecule has 25 heavy (non-hydrogen) atoms. The van der Waals surface area contributed by atoms with Crippen LogP contribution in [0.3, 0.4) is 0 Å². The van der Waals surface area contributed by atoms with Gasteiger partial charge in [0.2, 0.25) is 5.91 Å². The maximum Gasteiger partial charge on any atom is 0.256 e. The number of nitrogens with zero attached hydrogens (tertiary/aromatic N) is 1. The summed E-state index contributed by atoms with van der Waals surface area (Å²) >= 11 is 0. The molecule has 0 aliphatic carbocycles. The fourth-order valence-electron chi connectivity index (χ4n) is 3.30. The summed E-state index contributed by atoms with van der Waals surface area (Å²) < 4.78 is 0. The normalized spacial score (nSPS) is 17.5. The summed E-state index contributed by atoms with van der Waals surface area (Å²) in [6, 6.07) is 13.1. The van der Waals surface area contributed by atoms with Gasteiger partial charge in [0, 0.05) is 17.4 Å². The lowest BCUT2D eigenvalue weighted by atomic mass is 10.1. The Bertz CT molecular complexity index is 990. The van der Waals surface area contributed by atoms with Crippen LogP contribution in [-0.2, 0) is 9.59 Å². The molecule has 2 aromatic carbocycles. The van der Waals surface area contributed by atoms with Crippen LogP contribution in [0.25, 0.3) is 10.9 Å². The molecule has 1 saturated heterocycles. The number of fused-ring (bicyclic) bond motifs is 1. The monoisotopic (exact) mass is 333 g/mol. The van der Waals surface area contributed by atoms with E-state index in [-0.39, 0.29) is 18.2 Å². The van der Waals surface area contributed by atoms with E-state index in [1.807, 2.05) is 62.5 Å². The zero-order valence-electron chi connectivity index (χ0n) is 14.2. The van der Waals surface area contributed by atoms with E-state index in [2.05, 4.69) is 10.3 Å². The zero-order chi connectivity index (χ0) is 17.6. The minimum atomic E-state index is -0.542. The highest BCUT2D eigenvalue weighted by Gasteiger charge is 2.40. The summed E-state index contributed by atoms with van der Waals surface area (Å²) in [6.45, 7) is 3.87. The molecule has 5 nitrogen and oxygen atoms in total. The van der Waals surface area contributed by atoms with Crippen molar-refractivity contribution in [2.45, 2.75) is 26.3 Å². The molecule has 0 saturated carbocycles. The van der Waals surface area contributed by atoms with Gasteiger partial charge in [-0.1, -0.05) is 18.2 Å². The van der Waals surface area contributed by atoms with Gasteiger partial charge >= 0.3 is 0 Å². The average molecular weight is 333 g/mol. The summed E-state index contributed by atoms with van der Waals surface area (Å²) in [4.78, 5) is 29.8. The maximum absolute atomic E-state index is 12.8. The number of nitrogens with one attached hydrogen (secondary N) is 2. The van der Waals surface area contributed by atoms with Crippen molar-refractivity contribution in [1.29, 1.82) is 0 Å². The first-order valence-corrected chi connectivity index (χ1v) is 8.30. The third kappa shape index (κ3) is 2.67. The molecule has 0 radical (unpaired) electrons. The van der Waals surface area contributed by atoms with Gasteiger partial charge in [0.1, 0.15) is 6.04 Å². The minimum Gasteiger partial charge on any atom is -0.373 e. The molecule has 2 N–H and O–H groups in total. The second kappa shape index (κ2) is 5.77. The van der Waals surface area contributed by atoms with Gasteiger partial charge < -0.3 is 10.3 Å². The van der Waals surface area contributed by atoms with Gasteiger partial charge in [0.05, 0.1) is 12.1 Å². The number of carbonyl (C=O) groups excluding carboxylic acids is 2. The molecule has 126 valence electrons. The highest BCUT2D eigenvalue weighted by atomic mass is 16.2. The van der Waals surface area contributed by atoms with E-state index in [1.54, 1.807) is 0 Å². The van der Waals surface area contributed by atoms with Gasteiger partial charge in [0.25, 0.3) is 5.91 Å². The Labute approximate surface area is 145 Å². The van der Waals surface area contributed by atoms with Crippen molar-refractivity contribution in [3.05, 3.63) is 59.8 Å². The molecule has 1 fully saturated rings. The molecule has 5 heteroatoms. The van der Waals surface area contributed by atoms with E-state index in [4.69, 9.17) is 0 Å². The number of anilines is 2. The Kier molecular flexibility index (Phi) is 3.57. The predicted octanol–water partition coefficient (Wildman–Crippen LogP) is 3.53. The van der Waals surface area contributed by atoms with Crippen LogP contribution in [0.2, 0.25) is 0 Å². The van der Waals surface area contributed by atoms with E-state index >= 15 is 0 Å². The molecule has 2 heterocycles. The average Bonchev–Trinajstić information content (AvgIpc) is 3.15. The van der Waals surface area contributed by atoms with Crippen molar-refractivity contribution in [3.8, 4) is 0 Å². The fourth-order valence-corrected chi connectivity index (χ4v) is 3.30. The van der Waals surface area contributed by atoms with Crippen LogP contribution < -0.4 is 10.2 Å². The van der Waals surface area contributed by atoms with E-state index in [0.717, 1.165) is 27.7 Å². The maximum atomic E-state index is 12.8. The van der Waals surface area contributed by atoms with Gasteiger partial charge in [-0.25, -0.2) is 4.90 Å². The van der Waals surface area contributed by atoms with Gasteiger partial charge in [-0.2, -0.15) is 0 Å². The van der Waals surface area contributed by atoms with Crippen molar-refractivity contribution in [3.63, 3.8) is 0 Å². The number of hydrogen-bond donors (Lipinski definition) is 2. The molecular formula is C20H19N3O2. The van der Waals surface area contributed by atoms with E-state index in [0.29, 0.717) is 5.69 Å². The van der Waals surface area contributed by atoms with Crippen LogP contribution >= 0.6 is 0 Å². The Morgan fingerprint density at radius 3 is 2.76 bits per heavy atom. The van der Waals surface area contributed by atoms with Crippen LogP contribution in [0.4, 0.5) is 11.4 Å². The van der Waals surface area contributed by atoms with Gasteiger partial charge in [-0.05, 0) is 54.6 Å². The lowest BCUT2D eigenvalue weighted by Gasteiger charge is -2.18. The SMILES string of the molecule is Cc1ccc(C)c(N2C(=O)C[C@@H](Nc3ccc4cc[nH]c4c3)C2=O)c1. The van der Waals surface area contributed by atoms with Gasteiger partial charge in [-0.15, -0.1) is 0 Å². The Balaban J connectivity index is 1.61. The minimum absolute atomic E-state index is 0.162. The zero-order valence-corrected chi connectivity index (χ0v) is 14.2. The molecule has 3 aromatic rings. The molecule has 1 aliphatic rings. The van der Waals surface area contributed by atoms with Crippen LogP contribution in [0.5, 0.6) is 0 Å². The van der Waals surface area contributed by atoms with Crippen molar-refractivity contribution >= 4 is 34.1 Å². The Morgan fingerprint density at radius 1 is 1.08 bits per heavy atom. The lowest BCUT2D eigenvalue weighted by molar-refractivity contribution is -0.121. The molecule has 1 aromatic heterocycles. The van der Waals surface area contributed by atoms with E-state index in [1.165, 1.54) is 4.90 Å². The summed E-state index contributed by atoms with van der Waals surface area (Å²) in [5.74, 6) is -0.373. The Morgan fingerprint density at radius 2 is 1.92 bits per heavy atom. The molecule has 1 aliphatic heterocycles. The molecule has 0 unspecified atom stereocenters. The number of aryl methyl sites for hydroxylation is 2. The molecule has 1 atom stereocenters. The summed E-state index contributed by atoms with van der Waals surface area (Å²) in [5.41, 5.74) is 4.44. The summed E-state index contributed by atoms with van der Waals surface area (Å²) in [6.07, 6.45) is 2.04. The number of carbonyl (C=O) groups is 2. The van der Waals surface area contributed by atoms with Gasteiger partial charge in [0.15, 0.2) is 0 Å². The van der Waals surface area contributed by atoms with Crippen LogP contribution in [-0.4, -0.2) is 22.8 Å². The van der Waals surface area contributed by atoms with Crippen molar-refractivity contribution in [2.24, 2.45) is 0 Å².